The normalized spacial score (nSPS) is 12.8. The molecule has 4 aromatic rings. The van der Waals surface area contributed by atoms with Gasteiger partial charge in [-0.25, -0.2) is 4.98 Å². The number of aryl methyl sites for hydroxylation is 1. The minimum Gasteiger partial charge on any atom is -0.385 e. The van der Waals surface area contributed by atoms with Crippen molar-refractivity contribution in [1.29, 1.82) is 0 Å². The van der Waals surface area contributed by atoms with E-state index in [9.17, 15) is 0 Å². The predicted octanol–water partition coefficient (Wildman–Crippen LogP) is 6.98. The van der Waals surface area contributed by atoms with Crippen molar-refractivity contribution in [3.63, 3.8) is 0 Å². The zero-order valence-electron chi connectivity index (χ0n) is 23.5. The average molecular weight is 595 g/mol. The summed E-state index contributed by atoms with van der Waals surface area (Å²) in [4.78, 5) is 6.99. The smallest absolute Gasteiger partial charge is 0.201 e. The highest BCUT2D eigenvalue weighted by Crippen LogP contribution is 2.32. The predicted molar refractivity (Wildman–Crippen MR) is 173 cm³/mol. The molecule has 0 spiro atoms. The number of benzene rings is 2. The van der Waals surface area contributed by atoms with Gasteiger partial charge in [0, 0.05) is 38.8 Å². The summed E-state index contributed by atoms with van der Waals surface area (Å²) in [5.41, 5.74) is 25.5. The molecule has 3 heterocycles. The Morgan fingerprint density at radius 1 is 0.829 bits per heavy atom. The maximum atomic E-state index is 5.62. The van der Waals surface area contributed by atoms with Crippen LogP contribution in [0.2, 0.25) is 0 Å². The van der Waals surface area contributed by atoms with E-state index < -0.39 is 0 Å². The van der Waals surface area contributed by atoms with E-state index in [4.69, 9.17) is 9.47 Å². The average Bonchev–Trinajstić information content (AvgIpc) is 3.77. The van der Waals surface area contributed by atoms with Gasteiger partial charge in [0.05, 0.1) is 40.1 Å². The van der Waals surface area contributed by atoms with Crippen molar-refractivity contribution in [3.8, 4) is 0 Å². The molecule has 12 heteroatoms. The highest BCUT2D eigenvalue weighted by molar-refractivity contribution is 7.20. The highest BCUT2D eigenvalue weighted by Gasteiger charge is 2.14. The summed E-state index contributed by atoms with van der Waals surface area (Å²) in [6.45, 7) is 6.28. The summed E-state index contributed by atoms with van der Waals surface area (Å²) in [5.74, 6) is 0. The largest absolute Gasteiger partial charge is 0.385 e. The van der Waals surface area contributed by atoms with Gasteiger partial charge < -0.3 is 30.7 Å². The number of rotatable bonds is 16. The topological polar surface area (TPSA) is 107 Å². The Kier molecular flexibility index (Phi) is 10.4. The lowest BCUT2D eigenvalue weighted by Crippen LogP contribution is -2.15. The van der Waals surface area contributed by atoms with Gasteiger partial charge in [-0.15, -0.1) is 11.3 Å². The van der Waals surface area contributed by atoms with Crippen molar-refractivity contribution in [3.05, 3.63) is 71.2 Å². The third kappa shape index (κ3) is 8.64. The standard InChI is InChI=1S/C29H38N8O2S2/c1-21-18-24(33-35-27-12-13-28(41-27)37-14-3-4-15-37)10-11-26(21)34-31-22-6-8-23(9-7-22)32-36-29-30-25(20-40-29)19-39-17-5-16-38-2/h6-13,18,20,31-35H,3-5,14-17,19H2,1-2H3,(H,30,36). The zero-order chi connectivity index (χ0) is 28.3. The molecule has 10 nitrogen and oxygen atoms in total. The molecule has 41 heavy (non-hydrogen) atoms. The number of anilines is 7. The van der Waals surface area contributed by atoms with Crippen LogP contribution in [-0.4, -0.2) is 38.4 Å². The van der Waals surface area contributed by atoms with Gasteiger partial charge >= 0.3 is 0 Å². The number of hydrogen-bond donors (Lipinski definition) is 6. The van der Waals surface area contributed by atoms with Crippen LogP contribution in [0.3, 0.4) is 0 Å². The quantitative estimate of drug-likeness (QED) is 0.0601. The van der Waals surface area contributed by atoms with E-state index in [2.05, 4.69) is 79.7 Å². The van der Waals surface area contributed by atoms with Crippen molar-refractivity contribution >= 4 is 60.6 Å². The lowest BCUT2D eigenvalue weighted by Gasteiger charge is -2.15. The molecule has 5 rings (SSSR count). The van der Waals surface area contributed by atoms with Crippen LogP contribution in [0.4, 0.5) is 37.9 Å². The number of nitrogens with one attached hydrogen (secondary N) is 6. The number of thiazole rings is 1. The first kappa shape index (κ1) is 28.8. The minimum atomic E-state index is 0.500. The van der Waals surface area contributed by atoms with Gasteiger partial charge in [-0.2, -0.15) is 0 Å². The highest BCUT2D eigenvalue weighted by atomic mass is 32.1. The molecule has 0 saturated carbocycles. The second kappa shape index (κ2) is 14.8. The lowest BCUT2D eigenvalue weighted by molar-refractivity contribution is 0.0913. The molecule has 218 valence electrons. The van der Waals surface area contributed by atoms with E-state index in [-0.39, 0.29) is 0 Å². The Labute approximate surface area is 249 Å². The van der Waals surface area contributed by atoms with Crippen LogP contribution in [0.25, 0.3) is 0 Å². The van der Waals surface area contributed by atoms with E-state index in [0.717, 1.165) is 63.6 Å². The summed E-state index contributed by atoms with van der Waals surface area (Å²) in [6, 6.07) is 18.6. The van der Waals surface area contributed by atoms with Gasteiger partial charge in [-0.1, -0.05) is 11.3 Å². The summed E-state index contributed by atoms with van der Waals surface area (Å²) in [6.07, 6.45) is 3.45. The number of hydrogen-bond acceptors (Lipinski definition) is 12. The van der Waals surface area contributed by atoms with E-state index in [1.54, 1.807) is 18.4 Å². The van der Waals surface area contributed by atoms with Crippen LogP contribution in [0.15, 0.2) is 60.0 Å². The van der Waals surface area contributed by atoms with Gasteiger partial charge in [0.15, 0.2) is 0 Å². The summed E-state index contributed by atoms with van der Waals surface area (Å²) in [5, 5.41) is 5.22. The van der Waals surface area contributed by atoms with Crippen LogP contribution in [-0.2, 0) is 16.1 Å². The van der Waals surface area contributed by atoms with Gasteiger partial charge in [0.2, 0.25) is 5.13 Å². The number of nitrogens with zero attached hydrogens (tertiary/aromatic N) is 2. The van der Waals surface area contributed by atoms with E-state index in [1.807, 2.05) is 29.6 Å². The molecule has 2 aromatic heterocycles. The fourth-order valence-corrected chi connectivity index (χ4v) is 5.89. The Hall–Kier alpha value is -3.71. The molecule has 0 bridgehead atoms. The van der Waals surface area contributed by atoms with E-state index in [0.29, 0.717) is 19.8 Å². The third-order valence-corrected chi connectivity index (χ3v) is 8.41. The number of methoxy groups -OCH3 is 1. The fourth-order valence-electron chi connectivity index (χ4n) is 4.33. The second-order valence-corrected chi connectivity index (χ2v) is 11.7. The summed E-state index contributed by atoms with van der Waals surface area (Å²) in [7, 11) is 1.69. The summed E-state index contributed by atoms with van der Waals surface area (Å²) < 4.78 is 10.6. The molecular weight excluding hydrogens is 557 g/mol. The number of aromatic nitrogens is 1. The van der Waals surface area contributed by atoms with Crippen molar-refractivity contribution < 1.29 is 9.47 Å². The molecule has 2 aromatic carbocycles. The molecule has 0 unspecified atom stereocenters. The number of ether oxygens (including phenoxy) is 2. The van der Waals surface area contributed by atoms with Gasteiger partial charge in [0.25, 0.3) is 0 Å². The number of thiophene rings is 1. The Morgan fingerprint density at radius 3 is 2.32 bits per heavy atom. The van der Waals surface area contributed by atoms with E-state index >= 15 is 0 Å². The first-order valence-electron chi connectivity index (χ1n) is 13.8. The lowest BCUT2D eigenvalue weighted by atomic mass is 10.2. The number of hydrazine groups is 3. The Bertz CT molecular complexity index is 1360. The monoisotopic (exact) mass is 594 g/mol. The summed E-state index contributed by atoms with van der Waals surface area (Å²) >= 11 is 3.32. The first-order valence-corrected chi connectivity index (χ1v) is 15.5. The van der Waals surface area contributed by atoms with Gasteiger partial charge in [-0.3, -0.25) is 16.3 Å². The van der Waals surface area contributed by atoms with Crippen molar-refractivity contribution in [2.24, 2.45) is 0 Å². The molecule has 0 aliphatic carbocycles. The Morgan fingerprint density at radius 2 is 1.56 bits per heavy atom. The van der Waals surface area contributed by atoms with Crippen LogP contribution in [0.5, 0.6) is 0 Å². The molecule has 6 N–H and O–H groups in total. The van der Waals surface area contributed by atoms with Crippen molar-refractivity contribution in [1.82, 2.24) is 4.98 Å². The molecule has 1 fully saturated rings. The molecule has 0 atom stereocenters. The first-order chi connectivity index (χ1) is 20.2. The van der Waals surface area contributed by atoms with Crippen LogP contribution in [0, 0.1) is 6.92 Å². The van der Waals surface area contributed by atoms with Gasteiger partial charge in [0.1, 0.15) is 5.00 Å². The van der Waals surface area contributed by atoms with Crippen LogP contribution in [0.1, 0.15) is 30.5 Å². The van der Waals surface area contributed by atoms with Crippen molar-refractivity contribution in [2.45, 2.75) is 32.8 Å². The second-order valence-electron chi connectivity index (χ2n) is 9.73. The van der Waals surface area contributed by atoms with E-state index in [1.165, 1.54) is 29.2 Å². The molecule has 1 saturated heterocycles. The Balaban J connectivity index is 1.03. The van der Waals surface area contributed by atoms with Crippen molar-refractivity contribution in [2.75, 3.05) is 70.9 Å². The van der Waals surface area contributed by atoms with Crippen LogP contribution >= 0.6 is 22.7 Å². The molecule has 1 aliphatic heterocycles. The zero-order valence-corrected chi connectivity index (χ0v) is 25.1. The maximum absolute atomic E-state index is 5.62. The minimum absolute atomic E-state index is 0.500. The molecule has 1 aliphatic rings. The fraction of sp³-hybridized carbons (Fsp3) is 0.345. The molecular formula is C29H38N8O2S2. The molecule has 0 radical (unpaired) electrons. The SMILES string of the molecule is COCCCOCc1csc(NNc2ccc(NNc3ccc(NNc4ccc(N5CCCC5)s4)cc3C)cc2)n1. The maximum Gasteiger partial charge on any atom is 0.201 e. The molecule has 0 amide bonds. The van der Waals surface area contributed by atoms with Crippen LogP contribution < -0.4 is 37.5 Å². The van der Waals surface area contributed by atoms with Gasteiger partial charge in [-0.05, 0) is 86.3 Å². The third-order valence-electron chi connectivity index (χ3n) is 6.54.